The second-order valence-electron chi connectivity index (χ2n) is 7.12. The SMILES string of the molecule is CCCCc1nc(CCN)c(C)n1-c1ccc(-c2ccccc2C(=O)OC)cc1. The molecule has 0 amide bonds. The van der Waals surface area contributed by atoms with Crippen molar-refractivity contribution in [3.8, 4) is 16.8 Å². The van der Waals surface area contributed by atoms with Crippen LogP contribution in [0.4, 0.5) is 0 Å². The number of benzene rings is 2. The van der Waals surface area contributed by atoms with Crippen molar-refractivity contribution in [3.63, 3.8) is 0 Å². The summed E-state index contributed by atoms with van der Waals surface area (Å²) in [7, 11) is 1.40. The number of ether oxygens (including phenoxy) is 1. The zero-order chi connectivity index (χ0) is 20.8. The second-order valence-corrected chi connectivity index (χ2v) is 7.12. The summed E-state index contributed by atoms with van der Waals surface area (Å²) in [6, 6.07) is 15.8. The van der Waals surface area contributed by atoms with Crippen LogP contribution in [0, 0.1) is 6.92 Å². The minimum absolute atomic E-state index is 0.330. The first-order chi connectivity index (χ1) is 14.1. The van der Waals surface area contributed by atoms with Gasteiger partial charge in [-0.1, -0.05) is 43.7 Å². The lowest BCUT2D eigenvalue weighted by Crippen LogP contribution is -2.05. The highest BCUT2D eigenvalue weighted by atomic mass is 16.5. The van der Waals surface area contributed by atoms with Crippen molar-refractivity contribution >= 4 is 5.97 Å². The van der Waals surface area contributed by atoms with Crippen LogP contribution in [0.2, 0.25) is 0 Å². The molecule has 0 spiro atoms. The highest BCUT2D eigenvalue weighted by molar-refractivity contribution is 5.97. The number of carbonyl (C=O) groups is 1. The Bertz CT molecular complexity index is 974. The minimum Gasteiger partial charge on any atom is -0.465 e. The van der Waals surface area contributed by atoms with E-state index in [4.69, 9.17) is 15.5 Å². The summed E-state index contributed by atoms with van der Waals surface area (Å²) < 4.78 is 7.16. The Labute approximate surface area is 172 Å². The van der Waals surface area contributed by atoms with Gasteiger partial charge in [-0.15, -0.1) is 0 Å². The van der Waals surface area contributed by atoms with Crippen molar-refractivity contribution in [2.75, 3.05) is 13.7 Å². The molecule has 3 rings (SSSR count). The molecule has 2 N–H and O–H groups in total. The van der Waals surface area contributed by atoms with Crippen LogP contribution < -0.4 is 5.73 Å². The number of carbonyl (C=O) groups excluding carboxylic acids is 1. The Morgan fingerprint density at radius 1 is 1.10 bits per heavy atom. The van der Waals surface area contributed by atoms with Crippen LogP contribution in [0.15, 0.2) is 48.5 Å². The van der Waals surface area contributed by atoms with Gasteiger partial charge >= 0.3 is 5.97 Å². The van der Waals surface area contributed by atoms with Gasteiger partial charge in [0.2, 0.25) is 0 Å². The fourth-order valence-corrected chi connectivity index (χ4v) is 3.64. The number of hydrogen-bond donors (Lipinski definition) is 1. The first-order valence-electron chi connectivity index (χ1n) is 10.2. The van der Waals surface area contributed by atoms with Crippen molar-refractivity contribution in [3.05, 3.63) is 71.3 Å². The van der Waals surface area contributed by atoms with E-state index in [-0.39, 0.29) is 5.97 Å². The first kappa shape index (κ1) is 20.8. The van der Waals surface area contributed by atoms with Crippen LogP contribution in [0.25, 0.3) is 16.8 Å². The van der Waals surface area contributed by atoms with Crippen molar-refractivity contribution in [2.24, 2.45) is 5.73 Å². The van der Waals surface area contributed by atoms with Gasteiger partial charge in [-0.25, -0.2) is 9.78 Å². The monoisotopic (exact) mass is 391 g/mol. The molecule has 0 saturated heterocycles. The molecule has 0 saturated carbocycles. The molecule has 5 nitrogen and oxygen atoms in total. The van der Waals surface area contributed by atoms with Crippen LogP contribution >= 0.6 is 0 Å². The minimum atomic E-state index is -0.330. The Balaban J connectivity index is 2.00. The van der Waals surface area contributed by atoms with Crippen molar-refractivity contribution < 1.29 is 9.53 Å². The predicted octanol–water partition coefficient (Wildman–Crippen LogP) is 4.48. The third-order valence-corrected chi connectivity index (χ3v) is 5.18. The largest absolute Gasteiger partial charge is 0.465 e. The first-order valence-corrected chi connectivity index (χ1v) is 10.2. The lowest BCUT2D eigenvalue weighted by molar-refractivity contribution is 0.0601. The number of nitrogens with two attached hydrogens (primary N) is 1. The maximum Gasteiger partial charge on any atom is 0.338 e. The van der Waals surface area contributed by atoms with Gasteiger partial charge in [0.05, 0.1) is 18.4 Å². The zero-order valence-corrected chi connectivity index (χ0v) is 17.4. The van der Waals surface area contributed by atoms with Gasteiger partial charge in [-0.05, 0) is 49.2 Å². The molecular formula is C24H29N3O2. The third-order valence-electron chi connectivity index (χ3n) is 5.18. The summed E-state index contributed by atoms with van der Waals surface area (Å²) in [6.07, 6.45) is 3.95. The van der Waals surface area contributed by atoms with Gasteiger partial charge in [0.1, 0.15) is 5.82 Å². The van der Waals surface area contributed by atoms with Gasteiger partial charge in [-0.2, -0.15) is 0 Å². The van der Waals surface area contributed by atoms with Crippen molar-refractivity contribution in [2.45, 2.75) is 39.5 Å². The lowest BCUT2D eigenvalue weighted by atomic mass is 9.99. The van der Waals surface area contributed by atoms with Gasteiger partial charge in [0.15, 0.2) is 0 Å². The molecule has 1 aromatic heterocycles. The van der Waals surface area contributed by atoms with Crippen LogP contribution in [-0.2, 0) is 17.6 Å². The Kier molecular flexibility index (Phi) is 6.83. The summed E-state index contributed by atoms with van der Waals surface area (Å²) in [5.74, 6) is 0.749. The Morgan fingerprint density at radius 2 is 1.83 bits per heavy atom. The number of aromatic nitrogens is 2. The molecule has 29 heavy (non-hydrogen) atoms. The van der Waals surface area contributed by atoms with E-state index in [1.54, 1.807) is 6.07 Å². The zero-order valence-electron chi connectivity index (χ0n) is 17.4. The van der Waals surface area contributed by atoms with E-state index in [9.17, 15) is 4.79 Å². The van der Waals surface area contributed by atoms with Crippen LogP contribution in [0.1, 0.15) is 47.3 Å². The van der Waals surface area contributed by atoms with Gasteiger partial charge in [0, 0.05) is 24.2 Å². The maximum absolute atomic E-state index is 12.1. The molecule has 0 aliphatic carbocycles. The Morgan fingerprint density at radius 3 is 2.48 bits per heavy atom. The van der Waals surface area contributed by atoms with Crippen molar-refractivity contribution in [1.82, 2.24) is 9.55 Å². The predicted molar refractivity (Wildman–Crippen MR) is 116 cm³/mol. The van der Waals surface area contributed by atoms with E-state index in [1.165, 1.54) is 7.11 Å². The fourth-order valence-electron chi connectivity index (χ4n) is 3.64. The third kappa shape index (κ3) is 4.40. The topological polar surface area (TPSA) is 70.1 Å². The number of imidazole rings is 1. The van der Waals surface area contributed by atoms with E-state index in [1.807, 2.05) is 30.3 Å². The summed E-state index contributed by atoms with van der Waals surface area (Å²) >= 11 is 0. The van der Waals surface area contributed by atoms with E-state index < -0.39 is 0 Å². The average Bonchev–Trinajstić information content (AvgIpc) is 3.07. The van der Waals surface area contributed by atoms with E-state index in [2.05, 4.69) is 30.5 Å². The Hall–Kier alpha value is -2.92. The van der Waals surface area contributed by atoms with E-state index in [0.717, 1.165) is 59.7 Å². The highest BCUT2D eigenvalue weighted by Gasteiger charge is 2.16. The molecule has 0 radical (unpaired) electrons. The average molecular weight is 392 g/mol. The molecule has 152 valence electrons. The summed E-state index contributed by atoms with van der Waals surface area (Å²) in [5, 5.41) is 0. The van der Waals surface area contributed by atoms with Crippen molar-refractivity contribution in [1.29, 1.82) is 0 Å². The summed E-state index contributed by atoms with van der Waals surface area (Å²) in [4.78, 5) is 17.0. The molecule has 0 unspecified atom stereocenters. The number of nitrogens with zero attached hydrogens (tertiary/aromatic N) is 2. The lowest BCUT2D eigenvalue weighted by Gasteiger charge is -2.12. The molecule has 3 aromatic rings. The highest BCUT2D eigenvalue weighted by Crippen LogP contribution is 2.27. The molecule has 0 atom stereocenters. The van der Waals surface area contributed by atoms with Gasteiger partial charge in [0.25, 0.3) is 0 Å². The standard InChI is InChI=1S/C24H29N3O2/c1-4-5-10-23-26-22(15-16-25)17(2)27(23)19-13-11-18(12-14-19)20-8-6-7-9-21(20)24(28)29-3/h6-9,11-14H,4-5,10,15-16,25H2,1-3H3. The fraction of sp³-hybridized carbons (Fsp3) is 0.333. The second kappa shape index (κ2) is 9.52. The number of unbranched alkanes of at least 4 members (excludes halogenated alkanes) is 1. The number of hydrogen-bond acceptors (Lipinski definition) is 4. The number of esters is 1. The smallest absolute Gasteiger partial charge is 0.338 e. The molecule has 0 bridgehead atoms. The molecular weight excluding hydrogens is 362 g/mol. The number of aryl methyl sites for hydroxylation is 1. The van der Waals surface area contributed by atoms with E-state index in [0.29, 0.717) is 12.1 Å². The number of methoxy groups -OCH3 is 1. The van der Waals surface area contributed by atoms with Crippen LogP contribution in [-0.4, -0.2) is 29.2 Å². The summed E-state index contributed by atoms with van der Waals surface area (Å²) in [5.41, 5.74) is 11.5. The van der Waals surface area contributed by atoms with Gasteiger partial charge < -0.3 is 15.0 Å². The van der Waals surface area contributed by atoms with Gasteiger partial charge in [-0.3, -0.25) is 0 Å². The van der Waals surface area contributed by atoms with Crippen LogP contribution in [0.3, 0.4) is 0 Å². The molecule has 0 aliphatic heterocycles. The molecule has 5 heteroatoms. The quantitative estimate of drug-likeness (QED) is 0.575. The normalized spacial score (nSPS) is 10.9. The summed E-state index contributed by atoms with van der Waals surface area (Å²) in [6.45, 7) is 4.89. The molecule has 0 aliphatic rings. The molecule has 1 heterocycles. The molecule has 0 fully saturated rings. The molecule has 2 aromatic carbocycles. The maximum atomic E-state index is 12.1. The van der Waals surface area contributed by atoms with E-state index >= 15 is 0 Å². The number of rotatable bonds is 8. The van der Waals surface area contributed by atoms with Crippen LogP contribution in [0.5, 0.6) is 0 Å².